The first kappa shape index (κ1) is 20.3. The predicted molar refractivity (Wildman–Crippen MR) is 120 cm³/mol. The van der Waals surface area contributed by atoms with Gasteiger partial charge in [0.05, 0.1) is 0 Å². The van der Waals surface area contributed by atoms with Crippen LogP contribution < -0.4 is 10.2 Å². The number of benzene rings is 2. The number of hydrogen-bond acceptors (Lipinski definition) is 5. The molecule has 2 aromatic carbocycles. The highest BCUT2D eigenvalue weighted by molar-refractivity contribution is 7.15. The number of hydrogen-bond donors (Lipinski definition) is 1. The molecular formula is C22H19ClN4O2S. The predicted octanol–water partition coefficient (Wildman–Crippen LogP) is 4.67. The van der Waals surface area contributed by atoms with Crippen LogP contribution in [0.15, 0.2) is 54.6 Å². The minimum atomic E-state index is -0.318. The molecule has 3 aromatic rings. The largest absolute Gasteiger partial charge is 0.311 e. The molecule has 1 atom stereocenters. The molecule has 30 heavy (non-hydrogen) atoms. The first-order valence-electron chi connectivity index (χ1n) is 9.44. The van der Waals surface area contributed by atoms with Crippen LogP contribution >= 0.6 is 22.9 Å². The summed E-state index contributed by atoms with van der Waals surface area (Å²) in [4.78, 5) is 26.5. The molecule has 0 radical (unpaired) electrons. The van der Waals surface area contributed by atoms with E-state index in [4.69, 9.17) is 11.6 Å². The van der Waals surface area contributed by atoms with Crippen molar-refractivity contribution in [3.05, 3.63) is 75.8 Å². The van der Waals surface area contributed by atoms with Crippen molar-refractivity contribution in [2.75, 3.05) is 16.8 Å². The molecule has 152 valence electrons. The molecule has 2 amide bonds. The second-order valence-corrected chi connectivity index (χ2v) is 8.40. The van der Waals surface area contributed by atoms with Gasteiger partial charge in [-0.3, -0.25) is 14.9 Å². The smallest absolute Gasteiger partial charge is 0.250 e. The van der Waals surface area contributed by atoms with E-state index in [2.05, 4.69) is 15.5 Å². The number of nitrogens with zero attached hydrogens (tertiary/aromatic N) is 3. The molecule has 8 heteroatoms. The van der Waals surface area contributed by atoms with Crippen LogP contribution in [-0.2, 0) is 9.59 Å². The van der Waals surface area contributed by atoms with E-state index in [1.54, 1.807) is 17.0 Å². The highest BCUT2D eigenvalue weighted by atomic mass is 35.5. The van der Waals surface area contributed by atoms with Gasteiger partial charge in [-0.25, -0.2) is 0 Å². The number of aryl methyl sites for hydroxylation is 1. The molecule has 0 aliphatic carbocycles. The first-order chi connectivity index (χ1) is 14.5. The number of halogens is 1. The van der Waals surface area contributed by atoms with E-state index in [0.717, 1.165) is 21.8 Å². The van der Waals surface area contributed by atoms with Crippen LogP contribution in [0.4, 0.5) is 10.8 Å². The summed E-state index contributed by atoms with van der Waals surface area (Å²) >= 11 is 7.38. The Labute approximate surface area is 183 Å². The zero-order valence-electron chi connectivity index (χ0n) is 16.2. The second-order valence-electron chi connectivity index (χ2n) is 6.98. The number of aromatic nitrogens is 2. The van der Waals surface area contributed by atoms with Crippen LogP contribution in [0.2, 0.25) is 5.02 Å². The van der Waals surface area contributed by atoms with Gasteiger partial charge in [-0.15, -0.1) is 10.2 Å². The lowest BCUT2D eigenvalue weighted by Crippen LogP contribution is -2.25. The maximum Gasteiger partial charge on any atom is 0.250 e. The summed E-state index contributed by atoms with van der Waals surface area (Å²) in [6, 6.07) is 15.1. The lowest BCUT2D eigenvalue weighted by Gasteiger charge is -2.18. The Morgan fingerprint density at radius 3 is 2.77 bits per heavy atom. The second kappa shape index (κ2) is 8.77. The Morgan fingerprint density at radius 2 is 1.97 bits per heavy atom. The average molecular weight is 439 g/mol. The van der Waals surface area contributed by atoms with E-state index in [1.165, 1.54) is 17.4 Å². The summed E-state index contributed by atoms with van der Waals surface area (Å²) in [5, 5.41) is 12.7. The number of carbonyl (C=O) groups is 2. The summed E-state index contributed by atoms with van der Waals surface area (Å²) < 4.78 is 0. The third-order valence-electron chi connectivity index (χ3n) is 4.87. The van der Waals surface area contributed by atoms with E-state index in [1.807, 2.05) is 49.4 Å². The minimum Gasteiger partial charge on any atom is -0.311 e. The fourth-order valence-corrected chi connectivity index (χ4v) is 4.38. The number of rotatable bonds is 5. The van der Waals surface area contributed by atoms with Gasteiger partial charge in [-0.1, -0.05) is 59.3 Å². The number of anilines is 2. The fourth-order valence-electron chi connectivity index (χ4n) is 3.34. The molecular weight excluding hydrogens is 420 g/mol. The Hall–Kier alpha value is -3.03. The van der Waals surface area contributed by atoms with Crippen molar-refractivity contribution in [3.8, 4) is 0 Å². The molecule has 0 bridgehead atoms. The fraction of sp³-hybridized carbons (Fsp3) is 0.182. The van der Waals surface area contributed by atoms with Crippen molar-refractivity contribution in [3.63, 3.8) is 0 Å². The lowest BCUT2D eigenvalue weighted by molar-refractivity contribution is -0.117. The van der Waals surface area contributed by atoms with Crippen molar-refractivity contribution < 1.29 is 9.59 Å². The van der Waals surface area contributed by atoms with Crippen LogP contribution in [0.5, 0.6) is 0 Å². The normalized spacial score (nSPS) is 16.4. The Morgan fingerprint density at radius 1 is 1.20 bits per heavy atom. The zero-order chi connectivity index (χ0) is 21.1. The molecule has 1 saturated heterocycles. The molecule has 1 fully saturated rings. The number of para-hydroxylation sites is 1. The van der Waals surface area contributed by atoms with Gasteiger partial charge in [0.25, 0.3) is 0 Å². The van der Waals surface area contributed by atoms with Crippen LogP contribution in [0, 0.1) is 6.92 Å². The summed E-state index contributed by atoms with van der Waals surface area (Å²) in [5.41, 5.74) is 2.74. The highest BCUT2D eigenvalue weighted by Gasteiger charge is 2.34. The standard InChI is InChI=1S/C22H19ClN4O2S/c1-14-6-2-5-9-18(14)27-13-16(12-20(27)29)21-25-26-22(30-21)24-19(28)11-10-15-7-3-4-8-17(15)23/h2-11,16H,12-13H2,1H3,(H,24,26,28)/b11-10+. The van der Waals surface area contributed by atoms with E-state index in [-0.39, 0.29) is 17.7 Å². The van der Waals surface area contributed by atoms with Crippen molar-refractivity contribution in [1.82, 2.24) is 10.2 Å². The third-order valence-corrected chi connectivity index (χ3v) is 6.22. The highest BCUT2D eigenvalue weighted by Crippen LogP contribution is 2.35. The average Bonchev–Trinajstić information content (AvgIpc) is 3.34. The molecule has 1 aliphatic heterocycles. The van der Waals surface area contributed by atoms with Gasteiger partial charge in [0.15, 0.2) is 0 Å². The van der Waals surface area contributed by atoms with Gasteiger partial charge >= 0.3 is 0 Å². The van der Waals surface area contributed by atoms with Gasteiger partial charge in [0.2, 0.25) is 16.9 Å². The Kier molecular flexibility index (Phi) is 5.92. The Balaban J connectivity index is 1.41. The zero-order valence-corrected chi connectivity index (χ0v) is 17.8. The van der Waals surface area contributed by atoms with Gasteiger partial charge in [0.1, 0.15) is 5.01 Å². The van der Waals surface area contributed by atoms with Gasteiger partial charge < -0.3 is 4.90 Å². The van der Waals surface area contributed by atoms with Crippen molar-refractivity contribution >= 4 is 51.6 Å². The summed E-state index contributed by atoms with van der Waals surface area (Å²) in [5.74, 6) is -0.293. The maximum atomic E-state index is 12.5. The lowest BCUT2D eigenvalue weighted by atomic mass is 10.1. The Bertz CT molecular complexity index is 1130. The topological polar surface area (TPSA) is 75.2 Å². The SMILES string of the molecule is Cc1ccccc1N1CC(c2nnc(NC(=O)/C=C/c3ccccc3Cl)s2)CC1=O. The van der Waals surface area contributed by atoms with Crippen molar-refractivity contribution in [1.29, 1.82) is 0 Å². The van der Waals surface area contributed by atoms with Gasteiger partial charge in [-0.2, -0.15) is 0 Å². The van der Waals surface area contributed by atoms with Crippen LogP contribution in [0.3, 0.4) is 0 Å². The first-order valence-corrected chi connectivity index (χ1v) is 10.6. The molecule has 1 N–H and O–H groups in total. The summed E-state index contributed by atoms with van der Waals surface area (Å²) in [7, 11) is 0. The monoisotopic (exact) mass is 438 g/mol. The third kappa shape index (κ3) is 4.42. The number of carbonyl (C=O) groups excluding carboxylic acids is 2. The molecule has 1 aromatic heterocycles. The van der Waals surface area contributed by atoms with E-state index >= 15 is 0 Å². The molecule has 6 nitrogen and oxygen atoms in total. The minimum absolute atomic E-state index is 0.0427. The van der Waals surface area contributed by atoms with Crippen LogP contribution in [-0.4, -0.2) is 28.6 Å². The van der Waals surface area contributed by atoms with Crippen LogP contribution in [0.1, 0.15) is 28.5 Å². The van der Waals surface area contributed by atoms with Gasteiger partial charge in [-0.05, 0) is 36.3 Å². The van der Waals surface area contributed by atoms with E-state index in [9.17, 15) is 9.59 Å². The van der Waals surface area contributed by atoms with Crippen molar-refractivity contribution in [2.45, 2.75) is 19.3 Å². The van der Waals surface area contributed by atoms with Crippen molar-refractivity contribution in [2.24, 2.45) is 0 Å². The van der Waals surface area contributed by atoms with Crippen LogP contribution in [0.25, 0.3) is 6.08 Å². The van der Waals surface area contributed by atoms with E-state index in [0.29, 0.717) is 23.1 Å². The molecule has 1 aliphatic rings. The van der Waals surface area contributed by atoms with E-state index < -0.39 is 0 Å². The molecule has 2 heterocycles. The molecule has 1 unspecified atom stereocenters. The summed E-state index contributed by atoms with van der Waals surface area (Å²) in [6.07, 6.45) is 3.43. The molecule has 0 saturated carbocycles. The van der Waals surface area contributed by atoms with Gasteiger partial charge in [0, 0.05) is 35.7 Å². The number of nitrogens with one attached hydrogen (secondary N) is 1. The quantitative estimate of drug-likeness (QED) is 0.587. The molecule has 4 rings (SSSR count). The number of amides is 2. The summed E-state index contributed by atoms with van der Waals surface area (Å²) in [6.45, 7) is 2.54. The molecule has 0 spiro atoms. The maximum absolute atomic E-state index is 12.5.